The number of carbonyl (C=O) groups excluding carboxylic acids is 1. The Bertz CT molecular complexity index is 1250. The number of aryl methyl sites for hydroxylation is 1. The van der Waals surface area contributed by atoms with Gasteiger partial charge in [0.25, 0.3) is 0 Å². The van der Waals surface area contributed by atoms with E-state index in [9.17, 15) is 4.79 Å². The highest BCUT2D eigenvalue weighted by atomic mass is 32.1. The Kier molecular flexibility index (Phi) is 4.70. The fraction of sp³-hybridized carbons (Fsp3) is 0.350. The molecule has 1 aliphatic rings. The number of pyridine rings is 1. The third-order valence-corrected chi connectivity index (χ3v) is 6.47. The zero-order valence-electron chi connectivity index (χ0n) is 16.6. The van der Waals surface area contributed by atoms with E-state index in [1.54, 1.807) is 31.0 Å². The predicted octanol–water partition coefficient (Wildman–Crippen LogP) is 3.38. The fourth-order valence-corrected chi connectivity index (χ4v) is 5.17. The van der Waals surface area contributed by atoms with Crippen LogP contribution in [0.4, 0.5) is 11.5 Å². The van der Waals surface area contributed by atoms with Gasteiger partial charge in [0.2, 0.25) is 5.88 Å². The standard InChI is InChI=1S/C20H20N6O3S/c1-3-29-20(27)10-4-5-12-14(7-10)30-19-15(12)17(21-9-22-19)24-13-6-11-8-23-26-16(11)25-18(13)28-2/h6,8-10H,3-5,7H2,1-2H3,(H,21,22,24)(H,23,25,26)/t10-/m0/s1. The van der Waals surface area contributed by atoms with Gasteiger partial charge in [-0.25, -0.2) is 9.97 Å². The molecule has 154 valence electrons. The van der Waals surface area contributed by atoms with Crippen molar-refractivity contribution >= 4 is 50.1 Å². The maximum atomic E-state index is 12.2. The summed E-state index contributed by atoms with van der Waals surface area (Å²) in [6, 6.07) is 1.92. The number of nitrogens with zero attached hydrogens (tertiary/aromatic N) is 4. The van der Waals surface area contributed by atoms with Crippen LogP contribution in [0, 0.1) is 5.92 Å². The topological polar surface area (TPSA) is 115 Å². The molecule has 1 atom stereocenters. The molecule has 4 aromatic rings. The number of aromatic nitrogens is 5. The Morgan fingerprint density at radius 3 is 3.13 bits per heavy atom. The van der Waals surface area contributed by atoms with Gasteiger partial charge in [0.1, 0.15) is 22.7 Å². The number of rotatable bonds is 5. The fourth-order valence-electron chi connectivity index (χ4n) is 3.90. The molecule has 0 amide bonds. The summed E-state index contributed by atoms with van der Waals surface area (Å²) >= 11 is 1.62. The number of esters is 1. The Hall–Kier alpha value is -3.27. The summed E-state index contributed by atoms with van der Waals surface area (Å²) < 4.78 is 10.7. The van der Waals surface area contributed by atoms with Gasteiger partial charge >= 0.3 is 5.97 Å². The minimum absolute atomic E-state index is 0.0947. The van der Waals surface area contributed by atoms with Crippen molar-refractivity contribution in [2.24, 2.45) is 5.92 Å². The van der Waals surface area contributed by atoms with Crippen LogP contribution < -0.4 is 10.1 Å². The summed E-state index contributed by atoms with van der Waals surface area (Å²) in [5.41, 5.74) is 2.56. The first-order chi connectivity index (χ1) is 14.7. The molecule has 0 unspecified atom stereocenters. The minimum Gasteiger partial charge on any atom is -0.479 e. The number of fused-ring (bicyclic) bond motifs is 4. The van der Waals surface area contributed by atoms with E-state index >= 15 is 0 Å². The molecule has 4 heterocycles. The van der Waals surface area contributed by atoms with Gasteiger partial charge in [-0.3, -0.25) is 9.89 Å². The molecular formula is C20H20N6O3S. The van der Waals surface area contributed by atoms with Crippen LogP contribution in [0.1, 0.15) is 23.8 Å². The summed E-state index contributed by atoms with van der Waals surface area (Å²) in [5, 5.41) is 12.1. The van der Waals surface area contributed by atoms with Gasteiger partial charge < -0.3 is 14.8 Å². The number of thiophene rings is 1. The normalized spacial score (nSPS) is 15.9. The monoisotopic (exact) mass is 424 g/mol. The first-order valence-electron chi connectivity index (χ1n) is 9.75. The van der Waals surface area contributed by atoms with Gasteiger partial charge in [0, 0.05) is 10.3 Å². The zero-order valence-corrected chi connectivity index (χ0v) is 17.4. The highest BCUT2D eigenvalue weighted by molar-refractivity contribution is 7.19. The second kappa shape index (κ2) is 7.52. The number of H-pyrrole nitrogens is 1. The van der Waals surface area contributed by atoms with E-state index < -0.39 is 0 Å². The molecule has 9 nitrogen and oxygen atoms in total. The van der Waals surface area contributed by atoms with Gasteiger partial charge in [-0.2, -0.15) is 10.1 Å². The summed E-state index contributed by atoms with van der Waals surface area (Å²) in [5.74, 6) is 0.942. The maximum absolute atomic E-state index is 12.2. The summed E-state index contributed by atoms with van der Waals surface area (Å²) in [7, 11) is 1.58. The SMILES string of the molecule is CCOC(=O)[C@H]1CCc2c(sc3ncnc(Nc4cc5cn[nH]c5nc4OC)c23)C1. The number of methoxy groups -OCH3 is 1. The molecule has 0 spiro atoms. The van der Waals surface area contributed by atoms with E-state index in [1.807, 2.05) is 13.0 Å². The molecule has 1 aliphatic carbocycles. The van der Waals surface area contributed by atoms with E-state index in [4.69, 9.17) is 9.47 Å². The van der Waals surface area contributed by atoms with Gasteiger partial charge in [0.05, 0.1) is 31.2 Å². The van der Waals surface area contributed by atoms with E-state index in [0.29, 0.717) is 36.1 Å². The Labute approximate surface area is 175 Å². The van der Waals surface area contributed by atoms with Gasteiger partial charge in [-0.05, 0) is 37.8 Å². The number of carbonyl (C=O) groups is 1. The number of hydrogen-bond acceptors (Lipinski definition) is 9. The van der Waals surface area contributed by atoms with Gasteiger partial charge in [-0.15, -0.1) is 11.3 Å². The lowest BCUT2D eigenvalue weighted by molar-refractivity contribution is -0.148. The second-order valence-electron chi connectivity index (χ2n) is 7.08. The van der Waals surface area contributed by atoms with Crippen LogP contribution in [0.5, 0.6) is 5.88 Å². The van der Waals surface area contributed by atoms with E-state index in [-0.39, 0.29) is 11.9 Å². The van der Waals surface area contributed by atoms with E-state index in [0.717, 1.165) is 28.4 Å². The molecule has 30 heavy (non-hydrogen) atoms. The van der Waals surface area contributed by atoms with Crippen molar-refractivity contribution in [3.05, 3.63) is 29.0 Å². The average molecular weight is 424 g/mol. The first kappa shape index (κ1) is 18.7. The number of hydrogen-bond donors (Lipinski definition) is 2. The largest absolute Gasteiger partial charge is 0.479 e. The lowest BCUT2D eigenvalue weighted by atomic mass is 9.88. The van der Waals surface area contributed by atoms with Crippen LogP contribution in [-0.4, -0.2) is 44.8 Å². The Morgan fingerprint density at radius 2 is 2.30 bits per heavy atom. The number of anilines is 2. The Balaban J connectivity index is 1.53. The maximum Gasteiger partial charge on any atom is 0.309 e. The average Bonchev–Trinajstić information content (AvgIpc) is 3.36. The van der Waals surface area contributed by atoms with Crippen molar-refractivity contribution in [3.8, 4) is 5.88 Å². The molecule has 0 bridgehead atoms. The van der Waals surface area contributed by atoms with E-state index in [1.165, 1.54) is 10.4 Å². The number of nitrogens with one attached hydrogen (secondary N) is 2. The minimum atomic E-state index is -0.116. The molecule has 0 saturated carbocycles. The molecule has 0 aromatic carbocycles. The van der Waals surface area contributed by atoms with Crippen molar-refractivity contribution in [2.75, 3.05) is 19.0 Å². The van der Waals surface area contributed by atoms with Crippen molar-refractivity contribution in [2.45, 2.75) is 26.2 Å². The van der Waals surface area contributed by atoms with Crippen molar-refractivity contribution < 1.29 is 14.3 Å². The van der Waals surface area contributed by atoms with Crippen molar-refractivity contribution in [3.63, 3.8) is 0 Å². The second-order valence-corrected chi connectivity index (χ2v) is 8.16. The van der Waals surface area contributed by atoms with Gasteiger partial charge in [-0.1, -0.05) is 0 Å². The predicted molar refractivity (Wildman–Crippen MR) is 113 cm³/mol. The number of aromatic amines is 1. The quantitative estimate of drug-likeness (QED) is 0.469. The highest BCUT2D eigenvalue weighted by Crippen LogP contribution is 2.41. The van der Waals surface area contributed by atoms with Gasteiger partial charge in [0.15, 0.2) is 5.65 Å². The van der Waals surface area contributed by atoms with Crippen LogP contribution in [0.25, 0.3) is 21.3 Å². The number of ether oxygens (including phenoxy) is 2. The van der Waals surface area contributed by atoms with Crippen LogP contribution >= 0.6 is 11.3 Å². The molecule has 0 aliphatic heterocycles. The van der Waals surface area contributed by atoms with Crippen molar-refractivity contribution in [1.82, 2.24) is 25.1 Å². The molecule has 2 N–H and O–H groups in total. The molecule has 10 heteroatoms. The first-order valence-corrected chi connectivity index (χ1v) is 10.6. The lowest BCUT2D eigenvalue weighted by Gasteiger charge is -2.20. The highest BCUT2D eigenvalue weighted by Gasteiger charge is 2.30. The summed E-state index contributed by atoms with van der Waals surface area (Å²) in [6.45, 7) is 2.24. The molecule has 0 radical (unpaired) electrons. The van der Waals surface area contributed by atoms with Crippen LogP contribution in [0.2, 0.25) is 0 Å². The van der Waals surface area contributed by atoms with Crippen LogP contribution in [0.15, 0.2) is 18.6 Å². The zero-order chi connectivity index (χ0) is 20.7. The summed E-state index contributed by atoms with van der Waals surface area (Å²) in [4.78, 5) is 27.7. The lowest BCUT2D eigenvalue weighted by Crippen LogP contribution is -2.23. The molecule has 5 rings (SSSR count). The van der Waals surface area contributed by atoms with Crippen LogP contribution in [0.3, 0.4) is 0 Å². The van der Waals surface area contributed by atoms with Crippen LogP contribution in [-0.2, 0) is 22.4 Å². The summed E-state index contributed by atoms with van der Waals surface area (Å²) in [6.07, 6.45) is 5.49. The third-order valence-electron chi connectivity index (χ3n) is 5.30. The van der Waals surface area contributed by atoms with E-state index in [2.05, 4.69) is 30.5 Å². The smallest absolute Gasteiger partial charge is 0.309 e. The molecule has 4 aromatic heterocycles. The third kappa shape index (κ3) is 3.13. The van der Waals surface area contributed by atoms with Crippen molar-refractivity contribution in [1.29, 1.82) is 0 Å². The molecule has 0 saturated heterocycles. The molecule has 0 fully saturated rings. The Morgan fingerprint density at radius 1 is 1.40 bits per heavy atom. The molecular weight excluding hydrogens is 404 g/mol.